The van der Waals surface area contributed by atoms with Crippen LogP contribution in [0.5, 0.6) is 0 Å². The highest BCUT2D eigenvalue weighted by molar-refractivity contribution is 8.08. The van der Waals surface area contributed by atoms with Crippen LogP contribution in [0, 0.1) is 12.5 Å². The predicted octanol–water partition coefficient (Wildman–Crippen LogP) is -2.45. The van der Waals surface area contributed by atoms with Crippen LogP contribution in [0.3, 0.4) is 0 Å². The van der Waals surface area contributed by atoms with Gasteiger partial charge in [-0.2, -0.15) is 4.31 Å². The Morgan fingerprint density at radius 3 is 2.41 bits per heavy atom. The van der Waals surface area contributed by atoms with Gasteiger partial charge in [-0.25, -0.2) is 18.2 Å². The van der Waals surface area contributed by atoms with Crippen molar-refractivity contribution in [2.45, 2.75) is 24.2 Å². The Labute approximate surface area is 182 Å². The highest BCUT2D eigenvalue weighted by Gasteiger charge is 2.58. The number of aliphatic hydroxyl groups is 2. The van der Waals surface area contributed by atoms with Crippen LogP contribution in [0.4, 0.5) is 0 Å². The van der Waals surface area contributed by atoms with E-state index < -0.39 is 64.4 Å². The molecule has 0 aromatic carbocycles. The highest BCUT2D eigenvalue weighted by atomic mass is 32.5. The fraction of sp³-hybridized carbons (Fsp3) is 0.455. The third-order valence-electron chi connectivity index (χ3n) is 3.59. The number of terminal acetylenes is 1. The van der Waals surface area contributed by atoms with Crippen LogP contribution in [-0.4, -0.2) is 63.9 Å². The topological polar surface area (TPSA) is 257 Å². The molecule has 0 aliphatic carbocycles. The van der Waals surface area contributed by atoms with Gasteiger partial charge in [0.05, 0.1) is 0 Å². The average Bonchev–Trinajstić information content (AvgIpc) is 2.83. The van der Waals surface area contributed by atoms with Gasteiger partial charge in [0.15, 0.2) is 12.3 Å². The molecule has 21 heteroatoms. The quantitative estimate of drug-likeness (QED) is 0.127. The number of nitrogens with zero attached hydrogens (tertiary/aromatic N) is 1. The summed E-state index contributed by atoms with van der Waals surface area (Å²) in [6.45, 7) is -6.06. The number of ether oxygens (including phenoxy) is 2. The van der Waals surface area contributed by atoms with Gasteiger partial charge < -0.3 is 43.8 Å². The maximum Gasteiger partial charge on any atom is 0.488 e. The molecule has 17 nitrogen and oxygen atoms in total. The second kappa shape index (κ2) is 9.55. The molecule has 180 valence electrons. The van der Waals surface area contributed by atoms with Gasteiger partial charge in [0.1, 0.15) is 18.8 Å². The van der Waals surface area contributed by atoms with E-state index >= 15 is 0 Å². The molecule has 1 aliphatic rings. The van der Waals surface area contributed by atoms with Crippen molar-refractivity contribution in [1.82, 2.24) is 9.55 Å². The lowest BCUT2D eigenvalue weighted by molar-refractivity contribution is -0.248. The van der Waals surface area contributed by atoms with E-state index in [1.165, 1.54) is 0 Å². The summed E-state index contributed by atoms with van der Waals surface area (Å²) >= 11 is 4.43. The van der Waals surface area contributed by atoms with Gasteiger partial charge in [-0.1, -0.05) is 6.42 Å². The summed E-state index contributed by atoms with van der Waals surface area (Å²) in [7, 11) is -11.2. The van der Waals surface area contributed by atoms with Crippen LogP contribution in [0.25, 0.3) is 0 Å². The van der Waals surface area contributed by atoms with E-state index in [1.807, 2.05) is 4.98 Å². The van der Waals surface area contributed by atoms with Gasteiger partial charge >= 0.3 is 28.1 Å². The van der Waals surface area contributed by atoms with Gasteiger partial charge in [-0.3, -0.25) is 14.3 Å². The van der Waals surface area contributed by atoms with Crippen molar-refractivity contribution in [2.75, 3.05) is 6.61 Å². The molecule has 7 N–H and O–H groups in total. The Morgan fingerprint density at radius 2 is 1.88 bits per heavy atom. The third-order valence-corrected chi connectivity index (χ3v) is 8.29. The molecule has 2 unspecified atom stereocenters. The Morgan fingerprint density at radius 1 is 1.25 bits per heavy atom. The second-order valence-electron chi connectivity index (χ2n) is 5.86. The minimum absolute atomic E-state index is 0.651. The first-order valence-electron chi connectivity index (χ1n) is 7.78. The molecular formula is C11H15N2O15P3S. The van der Waals surface area contributed by atoms with Crippen molar-refractivity contribution in [1.29, 1.82) is 0 Å². The molecule has 0 spiro atoms. The van der Waals surface area contributed by atoms with Crippen molar-refractivity contribution in [2.24, 2.45) is 0 Å². The van der Waals surface area contributed by atoms with Crippen LogP contribution < -0.4 is 11.2 Å². The largest absolute Gasteiger partial charge is 0.488 e. The van der Waals surface area contributed by atoms with Crippen molar-refractivity contribution >= 4 is 34.2 Å². The maximum absolute atomic E-state index is 12.0. The first-order valence-corrected chi connectivity index (χ1v) is 13.4. The summed E-state index contributed by atoms with van der Waals surface area (Å²) in [6, 6.07) is 0.892. The summed E-state index contributed by atoms with van der Waals surface area (Å²) in [6.07, 6.45) is 1.81. The molecule has 0 amide bonds. The lowest BCUT2D eigenvalue weighted by Gasteiger charge is -2.30. The summed E-state index contributed by atoms with van der Waals surface area (Å²) in [4.78, 5) is 61.3. The number of aliphatic hydroxyl groups excluding tert-OH is 2. The minimum Gasteiger partial charge on any atom is -0.406 e. The molecular weight excluding hydrogens is 525 g/mol. The zero-order chi connectivity index (χ0) is 24.5. The first kappa shape index (κ1) is 27.0. The molecule has 0 bridgehead atoms. The van der Waals surface area contributed by atoms with Crippen molar-refractivity contribution in [3.63, 3.8) is 0 Å². The molecule has 2 heterocycles. The molecule has 1 fully saturated rings. The molecule has 1 aromatic rings. The summed E-state index contributed by atoms with van der Waals surface area (Å²) in [5.41, 5.74) is -1.84. The molecule has 6 atom stereocenters. The molecule has 32 heavy (non-hydrogen) atoms. The number of rotatable bonds is 9. The molecule has 0 saturated carbocycles. The number of aromatic nitrogens is 2. The van der Waals surface area contributed by atoms with Gasteiger partial charge in [0.25, 0.3) is 11.3 Å². The van der Waals surface area contributed by atoms with Crippen molar-refractivity contribution < 1.29 is 61.5 Å². The Bertz CT molecular complexity index is 1150. The van der Waals surface area contributed by atoms with Gasteiger partial charge in [0.2, 0.25) is 0 Å². The van der Waals surface area contributed by atoms with Gasteiger partial charge in [-0.05, 0) is 11.8 Å². The Kier molecular flexibility index (Phi) is 8.06. The Hall–Kier alpha value is -1.25. The SMILES string of the molecule is C#CO[C@]1(COP(O)(=S)OP(=O)(O)OP(=O)(O)O)O[C@@H](n2ccc(=O)[nH]c2=O)[C@H](O)[C@@H]1O. The van der Waals surface area contributed by atoms with Crippen LogP contribution in [0.1, 0.15) is 6.23 Å². The summed E-state index contributed by atoms with van der Waals surface area (Å²) in [5.74, 6) is -2.55. The van der Waals surface area contributed by atoms with Crippen molar-refractivity contribution in [3.05, 3.63) is 33.1 Å². The maximum atomic E-state index is 12.0. The molecule has 2 rings (SSSR count). The number of nitrogens with one attached hydrogen (secondary N) is 1. The summed E-state index contributed by atoms with van der Waals surface area (Å²) in [5, 5.41) is 20.6. The zero-order valence-electron chi connectivity index (χ0n) is 15.2. The van der Waals surface area contributed by atoms with Crippen LogP contribution in [0.15, 0.2) is 21.9 Å². The molecule has 1 aliphatic heterocycles. The van der Waals surface area contributed by atoms with E-state index in [4.69, 9.17) is 30.2 Å². The zero-order valence-corrected chi connectivity index (χ0v) is 18.7. The van der Waals surface area contributed by atoms with E-state index in [0.29, 0.717) is 4.57 Å². The molecule has 1 aromatic heterocycles. The highest BCUT2D eigenvalue weighted by Crippen LogP contribution is 2.66. The normalized spacial score (nSPS) is 29.6. The number of H-pyrrole nitrogens is 1. The van der Waals surface area contributed by atoms with Crippen LogP contribution in [-0.2, 0) is 43.6 Å². The number of hydrogen-bond acceptors (Lipinski definition) is 12. The lowest BCUT2D eigenvalue weighted by Crippen LogP contribution is -2.48. The van der Waals surface area contributed by atoms with Crippen molar-refractivity contribution in [3.8, 4) is 12.5 Å². The second-order valence-corrected chi connectivity index (χ2v) is 11.7. The molecule has 1 saturated heterocycles. The van der Waals surface area contributed by atoms with E-state index in [1.54, 1.807) is 6.11 Å². The van der Waals surface area contributed by atoms with Crippen LogP contribution in [0.2, 0.25) is 0 Å². The standard InChI is InChI=1S/C11H15N2O15P3S/c1-2-24-11(5-25-31(23,32)28-30(21,22)27-29(18,19)20)8(16)7(15)9(26-11)13-4-3-6(14)12-10(13)17/h1,3-4,7-9,15-16H,5H2,(H,21,22)(H,23,32)(H,12,14,17)(H2,18,19,20)/t7-,8+,9-,11-,31?/m1/s1. The third kappa shape index (κ3) is 6.64. The monoisotopic (exact) mass is 540 g/mol. The summed E-state index contributed by atoms with van der Waals surface area (Å²) < 4.78 is 45.2. The van der Waals surface area contributed by atoms with E-state index in [9.17, 15) is 38.7 Å². The number of hydrogen-bond donors (Lipinski definition) is 7. The Balaban J connectivity index is 2.27. The number of aromatic amines is 1. The van der Waals surface area contributed by atoms with Gasteiger partial charge in [0, 0.05) is 12.3 Å². The average molecular weight is 540 g/mol. The van der Waals surface area contributed by atoms with E-state index in [0.717, 1.165) is 12.3 Å². The van der Waals surface area contributed by atoms with Crippen LogP contribution >= 0.6 is 22.4 Å². The first-order chi connectivity index (χ1) is 14.5. The smallest absolute Gasteiger partial charge is 0.406 e. The van der Waals surface area contributed by atoms with E-state index in [2.05, 4.69) is 20.4 Å². The fourth-order valence-electron chi connectivity index (χ4n) is 2.42. The van der Waals surface area contributed by atoms with Gasteiger partial charge in [-0.15, -0.1) is 0 Å². The minimum atomic E-state index is -5.64. The number of phosphoric acid groups is 2. The van der Waals surface area contributed by atoms with E-state index in [-0.39, 0.29) is 0 Å². The molecule has 0 radical (unpaired) electrons. The lowest BCUT2D eigenvalue weighted by atomic mass is 10.1. The fourth-order valence-corrected chi connectivity index (χ4v) is 6.37. The predicted molar refractivity (Wildman–Crippen MR) is 103 cm³/mol.